The number of amides is 1. The Morgan fingerprint density at radius 2 is 1.74 bits per heavy atom. The zero-order valence-corrected chi connectivity index (χ0v) is 20.6. The van der Waals surface area contributed by atoms with Gasteiger partial charge in [-0.15, -0.1) is 0 Å². The summed E-state index contributed by atoms with van der Waals surface area (Å²) in [6, 6.07) is 13.7. The summed E-state index contributed by atoms with van der Waals surface area (Å²) in [5.74, 6) is 0.696. The molecule has 1 saturated heterocycles. The second-order valence-electron chi connectivity index (χ2n) is 9.96. The first-order valence-corrected chi connectivity index (χ1v) is 12.9. The Kier molecular flexibility index (Phi) is 7.25. The fourth-order valence-corrected chi connectivity index (χ4v) is 5.12. The number of nitrogens with zero attached hydrogens (tertiary/aromatic N) is 4. The van der Waals surface area contributed by atoms with Crippen LogP contribution >= 0.6 is 0 Å². The van der Waals surface area contributed by atoms with Crippen LogP contribution in [0.25, 0.3) is 10.9 Å². The molecule has 1 amide bonds. The molecule has 0 spiro atoms. The highest BCUT2D eigenvalue weighted by molar-refractivity contribution is 5.97. The second kappa shape index (κ2) is 10.7. The molecule has 7 nitrogen and oxygen atoms in total. The number of aromatic nitrogens is 2. The van der Waals surface area contributed by atoms with Gasteiger partial charge >= 0.3 is 0 Å². The van der Waals surface area contributed by atoms with Crippen LogP contribution in [0.1, 0.15) is 53.0 Å². The lowest BCUT2D eigenvalue weighted by atomic mass is 10.1. The Labute approximate surface area is 206 Å². The number of hydrogen-bond acceptors (Lipinski definition) is 5. The summed E-state index contributed by atoms with van der Waals surface area (Å²) in [6.45, 7) is 6.50. The van der Waals surface area contributed by atoms with Crippen LogP contribution in [0.2, 0.25) is 0 Å². The highest BCUT2D eigenvalue weighted by atomic mass is 16.1. The summed E-state index contributed by atoms with van der Waals surface area (Å²) in [7, 11) is 2.17. The van der Waals surface area contributed by atoms with Crippen LogP contribution in [0.15, 0.2) is 47.3 Å². The van der Waals surface area contributed by atoms with Crippen molar-refractivity contribution in [1.29, 1.82) is 0 Å². The Morgan fingerprint density at radius 1 is 0.943 bits per heavy atom. The minimum Gasteiger partial charge on any atom is -0.348 e. The number of piperazine rings is 1. The van der Waals surface area contributed by atoms with Crippen molar-refractivity contribution < 1.29 is 4.79 Å². The van der Waals surface area contributed by atoms with E-state index >= 15 is 0 Å². The molecular formula is C28H35N5O2. The molecular weight excluding hydrogens is 438 g/mol. The molecule has 0 radical (unpaired) electrons. The number of carbonyl (C=O) groups excluding carboxylic acids is 1. The van der Waals surface area contributed by atoms with Crippen LogP contribution < -0.4 is 10.9 Å². The number of benzene rings is 2. The van der Waals surface area contributed by atoms with Gasteiger partial charge in [-0.25, -0.2) is 4.98 Å². The van der Waals surface area contributed by atoms with Gasteiger partial charge in [0.1, 0.15) is 5.82 Å². The van der Waals surface area contributed by atoms with E-state index in [0.717, 1.165) is 76.3 Å². The Hall–Kier alpha value is -3.03. The van der Waals surface area contributed by atoms with Crippen LogP contribution in [0.3, 0.4) is 0 Å². The second-order valence-corrected chi connectivity index (χ2v) is 9.96. The normalized spacial score (nSPS) is 17.5. The van der Waals surface area contributed by atoms with Crippen LogP contribution in [-0.2, 0) is 26.1 Å². The summed E-state index contributed by atoms with van der Waals surface area (Å²) in [6.07, 6.45) is 5.20. The molecule has 35 heavy (non-hydrogen) atoms. The first-order chi connectivity index (χ1) is 17.1. The fraction of sp³-hybridized carbons (Fsp3) is 0.464. The van der Waals surface area contributed by atoms with Crippen LogP contribution in [-0.4, -0.2) is 58.5 Å². The topological polar surface area (TPSA) is 70.5 Å². The van der Waals surface area contributed by atoms with Gasteiger partial charge in [0.05, 0.1) is 10.9 Å². The van der Waals surface area contributed by atoms with Gasteiger partial charge in [-0.2, -0.15) is 0 Å². The van der Waals surface area contributed by atoms with Gasteiger partial charge < -0.3 is 10.2 Å². The van der Waals surface area contributed by atoms with Gasteiger partial charge in [0, 0.05) is 57.8 Å². The number of fused-ring (bicyclic) bond motifs is 2. The molecule has 1 N–H and O–H groups in total. The molecule has 3 heterocycles. The Morgan fingerprint density at radius 3 is 2.60 bits per heavy atom. The average Bonchev–Trinajstić information content (AvgIpc) is 2.85. The third kappa shape index (κ3) is 5.63. The molecule has 0 bridgehead atoms. The van der Waals surface area contributed by atoms with Gasteiger partial charge in [0.2, 0.25) is 0 Å². The predicted molar refractivity (Wildman–Crippen MR) is 139 cm³/mol. The minimum absolute atomic E-state index is 0.0102. The van der Waals surface area contributed by atoms with E-state index in [1.165, 1.54) is 12.0 Å². The fourth-order valence-electron chi connectivity index (χ4n) is 5.12. The lowest BCUT2D eigenvalue weighted by molar-refractivity contribution is 0.0951. The van der Waals surface area contributed by atoms with Gasteiger partial charge in [-0.1, -0.05) is 37.1 Å². The van der Waals surface area contributed by atoms with E-state index in [2.05, 4.69) is 46.4 Å². The summed E-state index contributed by atoms with van der Waals surface area (Å²) in [4.78, 5) is 35.6. The molecule has 0 unspecified atom stereocenters. The standard InChI is InChI=1S/C28H35N5O2/c1-31-13-15-32(16-14-31)20-22-8-6-7-21(17-22)19-29-27(34)23-10-11-24-25(18-23)30-26-9-4-2-3-5-12-33(26)28(24)35/h6-8,10-11,17-18H,2-5,9,12-16,19-20H2,1H3,(H,29,34). The van der Waals surface area contributed by atoms with E-state index in [0.29, 0.717) is 23.0 Å². The summed E-state index contributed by atoms with van der Waals surface area (Å²) < 4.78 is 1.83. The highest BCUT2D eigenvalue weighted by Crippen LogP contribution is 2.17. The van der Waals surface area contributed by atoms with E-state index in [4.69, 9.17) is 4.98 Å². The number of likely N-dealkylation sites (N-methyl/N-ethyl adjacent to an activating group) is 1. The Balaban J connectivity index is 1.27. The van der Waals surface area contributed by atoms with Crippen LogP contribution in [0.4, 0.5) is 0 Å². The van der Waals surface area contributed by atoms with E-state index in [1.54, 1.807) is 18.2 Å². The molecule has 1 fully saturated rings. The van der Waals surface area contributed by atoms with Crippen molar-refractivity contribution in [2.24, 2.45) is 0 Å². The van der Waals surface area contributed by atoms with Gasteiger partial charge in [-0.05, 0) is 49.2 Å². The van der Waals surface area contributed by atoms with Gasteiger partial charge in [0.15, 0.2) is 0 Å². The maximum atomic E-state index is 13.0. The number of rotatable bonds is 5. The number of hydrogen-bond donors (Lipinski definition) is 1. The summed E-state index contributed by atoms with van der Waals surface area (Å²) in [5.41, 5.74) is 3.52. The summed E-state index contributed by atoms with van der Waals surface area (Å²) >= 11 is 0. The third-order valence-corrected chi connectivity index (χ3v) is 7.28. The third-order valence-electron chi connectivity index (χ3n) is 7.28. The van der Waals surface area contributed by atoms with Crippen molar-refractivity contribution >= 4 is 16.8 Å². The van der Waals surface area contributed by atoms with E-state index in [-0.39, 0.29) is 11.5 Å². The molecule has 0 aliphatic carbocycles. The molecule has 3 aromatic rings. The van der Waals surface area contributed by atoms with Gasteiger partial charge in [-0.3, -0.25) is 19.1 Å². The molecule has 0 atom stereocenters. The SMILES string of the molecule is CN1CCN(Cc2cccc(CNC(=O)c3ccc4c(=O)n5c(nc4c3)CCCCCC5)c2)CC1. The molecule has 184 valence electrons. The van der Waals surface area contributed by atoms with E-state index in [9.17, 15) is 9.59 Å². The molecule has 2 aliphatic heterocycles. The zero-order valence-electron chi connectivity index (χ0n) is 20.6. The molecule has 2 aliphatic rings. The monoisotopic (exact) mass is 473 g/mol. The van der Waals surface area contributed by atoms with Crippen molar-refractivity contribution in [1.82, 2.24) is 24.7 Å². The smallest absolute Gasteiger partial charge is 0.261 e. The lowest BCUT2D eigenvalue weighted by Crippen LogP contribution is -2.43. The number of carbonyl (C=O) groups is 1. The Bertz CT molecular complexity index is 1260. The molecule has 7 heteroatoms. The maximum Gasteiger partial charge on any atom is 0.261 e. The van der Waals surface area contributed by atoms with Crippen molar-refractivity contribution in [3.05, 3.63) is 75.3 Å². The largest absolute Gasteiger partial charge is 0.348 e. The first kappa shape index (κ1) is 23.7. The van der Waals surface area contributed by atoms with Crippen molar-refractivity contribution in [3.8, 4) is 0 Å². The highest BCUT2D eigenvalue weighted by Gasteiger charge is 2.16. The molecule has 0 saturated carbocycles. The van der Waals surface area contributed by atoms with Crippen molar-refractivity contribution in [2.75, 3.05) is 33.2 Å². The minimum atomic E-state index is -0.148. The average molecular weight is 474 g/mol. The van der Waals surface area contributed by atoms with Crippen molar-refractivity contribution in [3.63, 3.8) is 0 Å². The van der Waals surface area contributed by atoms with E-state index in [1.807, 2.05) is 4.57 Å². The maximum absolute atomic E-state index is 13.0. The molecule has 1 aromatic heterocycles. The van der Waals surface area contributed by atoms with Crippen LogP contribution in [0, 0.1) is 0 Å². The zero-order chi connectivity index (χ0) is 24.2. The van der Waals surface area contributed by atoms with Gasteiger partial charge in [0.25, 0.3) is 11.5 Å². The van der Waals surface area contributed by atoms with E-state index < -0.39 is 0 Å². The molecule has 2 aromatic carbocycles. The molecule has 5 rings (SSSR count). The number of aryl methyl sites for hydroxylation is 1. The summed E-state index contributed by atoms with van der Waals surface area (Å²) in [5, 5.41) is 3.63. The number of nitrogens with one attached hydrogen (secondary N) is 1. The lowest BCUT2D eigenvalue weighted by Gasteiger charge is -2.32. The first-order valence-electron chi connectivity index (χ1n) is 12.9. The van der Waals surface area contributed by atoms with Crippen molar-refractivity contribution in [2.45, 2.75) is 51.7 Å². The van der Waals surface area contributed by atoms with Crippen LogP contribution in [0.5, 0.6) is 0 Å². The predicted octanol–water partition coefficient (Wildman–Crippen LogP) is 3.19. The quantitative estimate of drug-likeness (QED) is 0.616.